The fourth-order valence-corrected chi connectivity index (χ4v) is 2.20. The topological polar surface area (TPSA) is 78.4 Å². The van der Waals surface area contributed by atoms with Gasteiger partial charge in [-0.3, -0.25) is 10.1 Å². The van der Waals surface area contributed by atoms with Gasteiger partial charge >= 0.3 is 5.69 Å². The van der Waals surface area contributed by atoms with Gasteiger partial charge in [-0.25, -0.2) is 4.39 Å². The minimum atomic E-state index is -1.34. The maximum atomic E-state index is 13.7. The van der Waals surface area contributed by atoms with Crippen molar-refractivity contribution >= 4 is 5.69 Å². The van der Waals surface area contributed by atoms with Crippen LogP contribution in [0.25, 0.3) is 0 Å². The summed E-state index contributed by atoms with van der Waals surface area (Å²) in [5, 5.41) is 10.8. The van der Waals surface area contributed by atoms with E-state index in [0.29, 0.717) is 18.9 Å². The molecule has 104 valence electrons. The molecule has 0 saturated heterocycles. The van der Waals surface area contributed by atoms with Crippen LogP contribution in [0.5, 0.6) is 5.75 Å². The molecule has 1 aliphatic rings. The smallest absolute Gasteiger partial charge is 0.314 e. The zero-order chi connectivity index (χ0) is 14.0. The largest absolute Gasteiger partial charge is 0.480 e. The van der Waals surface area contributed by atoms with Crippen LogP contribution < -0.4 is 10.5 Å². The summed E-state index contributed by atoms with van der Waals surface area (Å²) >= 11 is 0. The van der Waals surface area contributed by atoms with Gasteiger partial charge in [0.2, 0.25) is 11.6 Å². The molecule has 1 aromatic carbocycles. The molecule has 1 fully saturated rings. The molecule has 2 atom stereocenters. The van der Waals surface area contributed by atoms with Gasteiger partial charge in [0.05, 0.1) is 4.92 Å². The Labute approximate surface area is 108 Å². The molecule has 0 aliphatic heterocycles. The Hall–Kier alpha value is -1.76. The monoisotopic (exact) mass is 272 g/mol. The van der Waals surface area contributed by atoms with Crippen molar-refractivity contribution in [3.8, 4) is 5.75 Å². The van der Waals surface area contributed by atoms with Crippen LogP contribution in [0.1, 0.15) is 25.7 Å². The van der Waals surface area contributed by atoms with Crippen LogP contribution in [0.15, 0.2) is 12.1 Å². The lowest BCUT2D eigenvalue weighted by atomic mass is 9.93. The number of ether oxygens (including phenoxy) is 1. The molecule has 0 amide bonds. The molecule has 0 spiro atoms. The second-order valence-electron chi connectivity index (χ2n) is 4.57. The van der Waals surface area contributed by atoms with E-state index in [2.05, 4.69) is 0 Å². The van der Waals surface area contributed by atoms with E-state index in [1.807, 2.05) is 0 Å². The number of hydrogen-bond acceptors (Lipinski definition) is 4. The van der Waals surface area contributed by atoms with Crippen LogP contribution in [0.3, 0.4) is 0 Å². The Morgan fingerprint density at radius 1 is 1.32 bits per heavy atom. The van der Waals surface area contributed by atoms with Gasteiger partial charge in [0.1, 0.15) is 6.10 Å². The molecule has 1 aromatic rings. The van der Waals surface area contributed by atoms with Crippen molar-refractivity contribution in [1.82, 2.24) is 0 Å². The van der Waals surface area contributed by atoms with Crippen LogP contribution >= 0.6 is 0 Å². The van der Waals surface area contributed by atoms with E-state index in [0.717, 1.165) is 18.9 Å². The standard InChI is InChI=1S/C12H14F2N2O3/c13-7-5-6-9(16(17)18)12(11(7)14)19-10-4-2-1-3-8(10)15/h5-6,8,10H,1-4,15H2. The van der Waals surface area contributed by atoms with Gasteiger partial charge in [-0.05, 0) is 25.3 Å². The summed E-state index contributed by atoms with van der Waals surface area (Å²) in [6.07, 6.45) is 2.55. The summed E-state index contributed by atoms with van der Waals surface area (Å²) in [5.74, 6) is -3.18. The first-order valence-corrected chi connectivity index (χ1v) is 6.05. The first-order chi connectivity index (χ1) is 9.00. The van der Waals surface area contributed by atoms with Gasteiger partial charge < -0.3 is 10.5 Å². The molecule has 0 bridgehead atoms. The van der Waals surface area contributed by atoms with E-state index in [9.17, 15) is 18.9 Å². The Kier molecular flexibility index (Phi) is 3.94. The molecule has 7 heteroatoms. The van der Waals surface area contributed by atoms with Crippen molar-refractivity contribution in [3.63, 3.8) is 0 Å². The predicted octanol–water partition coefficient (Wildman–Crippen LogP) is 2.52. The number of nitrogens with two attached hydrogens (primary N) is 1. The molecule has 2 unspecified atom stereocenters. The second kappa shape index (κ2) is 5.48. The quantitative estimate of drug-likeness (QED) is 0.677. The van der Waals surface area contributed by atoms with Crippen LogP contribution in [-0.2, 0) is 0 Å². The van der Waals surface area contributed by atoms with Crippen molar-refractivity contribution < 1.29 is 18.4 Å². The Morgan fingerprint density at radius 2 is 2.00 bits per heavy atom. The Balaban J connectivity index is 2.32. The van der Waals surface area contributed by atoms with E-state index >= 15 is 0 Å². The van der Waals surface area contributed by atoms with Crippen LogP contribution in [0.2, 0.25) is 0 Å². The first kappa shape index (κ1) is 13.7. The highest BCUT2D eigenvalue weighted by Crippen LogP contribution is 2.34. The van der Waals surface area contributed by atoms with E-state index in [-0.39, 0.29) is 6.04 Å². The van der Waals surface area contributed by atoms with Gasteiger partial charge in [-0.15, -0.1) is 0 Å². The molecule has 1 saturated carbocycles. The number of nitro groups is 1. The van der Waals surface area contributed by atoms with Crippen LogP contribution in [-0.4, -0.2) is 17.1 Å². The number of nitro benzene ring substituents is 1. The van der Waals surface area contributed by atoms with Gasteiger partial charge in [0.25, 0.3) is 0 Å². The first-order valence-electron chi connectivity index (χ1n) is 6.05. The molecule has 2 N–H and O–H groups in total. The highest BCUT2D eigenvalue weighted by Gasteiger charge is 2.30. The summed E-state index contributed by atoms with van der Waals surface area (Å²) < 4.78 is 32.1. The van der Waals surface area contributed by atoms with Gasteiger partial charge in [0, 0.05) is 12.1 Å². The number of rotatable bonds is 3. The van der Waals surface area contributed by atoms with Crippen molar-refractivity contribution in [2.45, 2.75) is 37.8 Å². The molecule has 0 heterocycles. The third-order valence-corrected chi connectivity index (χ3v) is 3.25. The fraction of sp³-hybridized carbons (Fsp3) is 0.500. The number of benzene rings is 1. The second-order valence-corrected chi connectivity index (χ2v) is 4.57. The van der Waals surface area contributed by atoms with E-state index < -0.39 is 34.1 Å². The summed E-state index contributed by atoms with van der Waals surface area (Å²) in [4.78, 5) is 10.0. The lowest BCUT2D eigenvalue weighted by Crippen LogP contribution is -2.41. The molecule has 1 aliphatic carbocycles. The van der Waals surface area contributed by atoms with Crippen molar-refractivity contribution in [3.05, 3.63) is 33.9 Å². The van der Waals surface area contributed by atoms with E-state index in [1.165, 1.54) is 0 Å². The SMILES string of the molecule is NC1CCCCC1Oc1c([N+](=O)[O-])ccc(F)c1F. The van der Waals surface area contributed by atoms with Crippen molar-refractivity contribution in [2.75, 3.05) is 0 Å². The highest BCUT2D eigenvalue weighted by molar-refractivity contribution is 5.47. The Morgan fingerprint density at radius 3 is 2.63 bits per heavy atom. The van der Waals surface area contributed by atoms with E-state index in [1.54, 1.807) is 0 Å². The normalized spacial score (nSPS) is 23.1. The van der Waals surface area contributed by atoms with Crippen LogP contribution in [0.4, 0.5) is 14.5 Å². The molecule has 5 nitrogen and oxygen atoms in total. The maximum Gasteiger partial charge on any atom is 0.314 e. The summed E-state index contributed by atoms with van der Waals surface area (Å²) in [6.45, 7) is 0. The molecule has 0 radical (unpaired) electrons. The van der Waals surface area contributed by atoms with Gasteiger partial charge in [0.15, 0.2) is 5.82 Å². The maximum absolute atomic E-state index is 13.7. The van der Waals surface area contributed by atoms with Crippen molar-refractivity contribution in [2.24, 2.45) is 5.73 Å². The molecular weight excluding hydrogens is 258 g/mol. The molecule has 2 rings (SSSR count). The van der Waals surface area contributed by atoms with Crippen LogP contribution in [0, 0.1) is 21.7 Å². The highest BCUT2D eigenvalue weighted by atomic mass is 19.2. The number of hydrogen-bond donors (Lipinski definition) is 1. The van der Waals surface area contributed by atoms with Gasteiger partial charge in [-0.2, -0.15) is 4.39 Å². The molecular formula is C12H14F2N2O3. The minimum absolute atomic E-state index is 0.323. The summed E-state index contributed by atoms with van der Waals surface area (Å²) in [6, 6.07) is 1.28. The number of nitrogens with zero attached hydrogens (tertiary/aromatic N) is 1. The van der Waals surface area contributed by atoms with Crippen molar-refractivity contribution in [1.29, 1.82) is 0 Å². The van der Waals surface area contributed by atoms with E-state index in [4.69, 9.17) is 10.5 Å². The zero-order valence-electron chi connectivity index (χ0n) is 10.1. The lowest BCUT2D eigenvalue weighted by Gasteiger charge is -2.28. The summed E-state index contributed by atoms with van der Waals surface area (Å²) in [7, 11) is 0. The average Bonchev–Trinajstić information content (AvgIpc) is 2.37. The van der Waals surface area contributed by atoms with Gasteiger partial charge in [-0.1, -0.05) is 6.42 Å². The third-order valence-electron chi connectivity index (χ3n) is 3.25. The third kappa shape index (κ3) is 2.81. The Bertz CT molecular complexity index is 496. The lowest BCUT2D eigenvalue weighted by molar-refractivity contribution is -0.386. The zero-order valence-corrected chi connectivity index (χ0v) is 10.1. The summed E-state index contributed by atoms with van der Waals surface area (Å²) in [5.41, 5.74) is 5.24. The number of halogens is 2. The fourth-order valence-electron chi connectivity index (χ4n) is 2.20. The average molecular weight is 272 g/mol. The molecule has 0 aromatic heterocycles. The molecule has 19 heavy (non-hydrogen) atoms. The predicted molar refractivity (Wildman–Crippen MR) is 63.9 cm³/mol. The minimum Gasteiger partial charge on any atom is -0.480 e.